The molecule has 0 saturated carbocycles. The van der Waals surface area contributed by atoms with Gasteiger partial charge in [0, 0.05) is 0 Å². The number of aliphatic hydroxyl groups excluding tert-OH is 2. The van der Waals surface area contributed by atoms with Gasteiger partial charge in [-0.05, 0) is 0 Å². The van der Waals surface area contributed by atoms with E-state index in [0.717, 1.165) is 0 Å². The molecule has 17 heteroatoms. The maximum absolute atomic E-state index is 12.2. The molecule has 2 fully saturated rings. The summed E-state index contributed by atoms with van der Waals surface area (Å²) in [4.78, 5) is 52.1. The average molecular weight is 624 g/mol. The van der Waals surface area contributed by atoms with E-state index in [9.17, 15) is 29.4 Å². The van der Waals surface area contributed by atoms with Gasteiger partial charge in [0.25, 0.3) is 0 Å². The summed E-state index contributed by atoms with van der Waals surface area (Å²) < 4.78 is 25.7. The fourth-order valence-electron chi connectivity index (χ4n) is 4.14. The maximum atomic E-state index is 12.2. The predicted molar refractivity (Wildman–Crippen MR) is 133 cm³/mol. The summed E-state index contributed by atoms with van der Waals surface area (Å²) in [6, 6.07) is 0. The Labute approximate surface area is 222 Å². The second-order valence-corrected chi connectivity index (χ2v) is 16.2. The molecule has 1 unspecified atom stereocenters. The molecule has 0 spiro atoms. The molecule has 0 aromatic carbocycles. The van der Waals surface area contributed by atoms with Crippen LogP contribution in [-0.2, 0) is 30.3 Å². The van der Waals surface area contributed by atoms with Crippen LogP contribution in [0.1, 0.15) is 36.4 Å². The third kappa shape index (κ3) is 6.31. The van der Waals surface area contributed by atoms with Gasteiger partial charge in [-0.2, -0.15) is 0 Å². The molecule has 0 bridgehead atoms. The molecule has 2 aromatic rings. The summed E-state index contributed by atoms with van der Waals surface area (Å²) in [5.74, 6) is 0. The first-order chi connectivity index (χ1) is 17.4. The number of ether oxygens (including phenoxy) is 2. The van der Waals surface area contributed by atoms with E-state index >= 15 is 0 Å². The van der Waals surface area contributed by atoms with Crippen molar-refractivity contribution in [1.29, 1.82) is 0 Å². The Balaban J connectivity index is 1.39. The molecule has 203 valence electrons. The van der Waals surface area contributed by atoms with E-state index in [2.05, 4.69) is 25.5 Å². The van der Waals surface area contributed by atoms with Gasteiger partial charge in [-0.1, -0.05) is 0 Å². The monoisotopic (exact) mass is 625 g/mol. The fourth-order valence-corrected chi connectivity index (χ4v) is 6.68. The van der Waals surface area contributed by atoms with E-state index in [4.69, 9.17) is 30.3 Å². The molecular weight excluding hydrogens is 598 g/mol. The average Bonchev–Trinajstić information content (AvgIpc) is 3.39. The first-order valence-corrected chi connectivity index (χ1v) is 16.1. The molecular formula is C20H26N4O10PSSe. The van der Waals surface area contributed by atoms with Crippen molar-refractivity contribution in [1.82, 2.24) is 19.1 Å². The quantitative estimate of drug-likeness (QED) is 0.196. The van der Waals surface area contributed by atoms with Crippen LogP contribution >= 0.6 is 5.18 Å². The van der Waals surface area contributed by atoms with Crippen LogP contribution in [0.2, 0.25) is 0 Å². The number of hydrogen-bond donors (Lipinski definition) is 4. The van der Waals surface area contributed by atoms with E-state index in [-0.39, 0.29) is 19.4 Å². The fraction of sp³-hybridized carbons (Fsp3) is 0.600. The van der Waals surface area contributed by atoms with E-state index < -0.39 is 71.2 Å². The Bertz CT molecular complexity index is 1440. The van der Waals surface area contributed by atoms with Crippen molar-refractivity contribution < 1.29 is 28.7 Å². The Kier molecular flexibility index (Phi) is 8.55. The SMILES string of the molecule is Cc1cn([C@H]2C[C@H](OP(=S)([Se])OC[C@H]3O[C@@H](n4cc(C)c(=O)[nH]c4=O)C[C@@H]3O)[C@@H](CO)O2)c(=O)[nH]c1=O. The number of nitrogens with one attached hydrogen (secondary N) is 2. The van der Waals surface area contributed by atoms with Crippen molar-refractivity contribution in [3.05, 3.63) is 65.2 Å². The number of H-pyrrole nitrogens is 2. The topological polar surface area (TPSA) is 187 Å². The number of aliphatic hydroxyl groups is 2. The Morgan fingerprint density at radius 1 is 1.03 bits per heavy atom. The number of aromatic nitrogens is 4. The van der Waals surface area contributed by atoms with Gasteiger partial charge >= 0.3 is 222 Å². The number of hydrogen-bond acceptors (Lipinski definition) is 11. The van der Waals surface area contributed by atoms with Gasteiger partial charge in [0.15, 0.2) is 0 Å². The van der Waals surface area contributed by atoms with Crippen molar-refractivity contribution in [3.8, 4) is 0 Å². The molecule has 37 heavy (non-hydrogen) atoms. The number of nitrogens with zero attached hydrogens (tertiary/aromatic N) is 2. The molecule has 4 heterocycles. The van der Waals surface area contributed by atoms with E-state index in [1.54, 1.807) is 13.8 Å². The molecule has 0 amide bonds. The molecule has 2 aromatic heterocycles. The number of aromatic amines is 2. The van der Waals surface area contributed by atoms with Crippen molar-refractivity contribution in [3.63, 3.8) is 0 Å². The van der Waals surface area contributed by atoms with Crippen LogP contribution in [0.3, 0.4) is 0 Å². The zero-order valence-electron chi connectivity index (χ0n) is 19.8. The standard InChI is InChI=1S/C20H26N4O10PSSe/c1-9-5-23(19(29)21-17(9)27)15-3-11(26)14(33-15)8-31-35(36,37)34-12-4-16(32-13(12)7-25)24-6-10(2)18(28)22-20(24)30/h5-6,11-16,25-26H,3-4,7-8H2,1-2H3,(H,21,27,29)(H,22,28,30)/t11-,12-,13+,14+,15+,16+,35?/m0/s1. The number of aryl methyl sites for hydroxylation is 2. The Morgan fingerprint density at radius 2 is 1.54 bits per heavy atom. The summed E-state index contributed by atoms with van der Waals surface area (Å²) >= 11 is 8.18. The Hall–Kier alpha value is -1.71. The predicted octanol–water partition coefficient (Wildman–Crippen LogP) is -1.57. The third-order valence-corrected chi connectivity index (χ3v) is 8.91. The van der Waals surface area contributed by atoms with Crippen LogP contribution in [0.5, 0.6) is 0 Å². The van der Waals surface area contributed by atoms with E-state index in [1.807, 2.05) is 0 Å². The van der Waals surface area contributed by atoms with Gasteiger partial charge in [0.05, 0.1) is 0 Å². The molecule has 14 nitrogen and oxygen atoms in total. The van der Waals surface area contributed by atoms with Crippen molar-refractivity contribution in [2.45, 2.75) is 63.6 Å². The van der Waals surface area contributed by atoms with Gasteiger partial charge < -0.3 is 0 Å². The third-order valence-electron chi connectivity index (χ3n) is 6.14. The van der Waals surface area contributed by atoms with Crippen LogP contribution < -0.4 is 22.5 Å². The van der Waals surface area contributed by atoms with Gasteiger partial charge in [-0.25, -0.2) is 0 Å². The van der Waals surface area contributed by atoms with Crippen LogP contribution in [0, 0.1) is 13.8 Å². The first kappa shape index (κ1) is 28.3. The summed E-state index contributed by atoms with van der Waals surface area (Å²) in [6.45, 7) is 2.53. The summed E-state index contributed by atoms with van der Waals surface area (Å²) in [5, 5.41) is 17.2. The van der Waals surface area contributed by atoms with E-state index in [0.29, 0.717) is 11.1 Å². The van der Waals surface area contributed by atoms with Gasteiger partial charge in [0.1, 0.15) is 0 Å². The molecule has 2 aliphatic heterocycles. The second-order valence-electron chi connectivity index (χ2n) is 8.82. The van der Waals surface area contributed by atoms with Gasteiger partial charge in [-0.15, -0.1) is 0 Å². The minimum atomic E-state index is -3.07. The minimum absolute atomic E-state index is 0.0919. The number of rotatable bonds is 8. The summed E-state index contributed by atoms with van der Waals surface area (Å²) in [6.07, 6.45) is -1.98. The zero-order chi connectivity index (χ0) is 27.1. The summed E-state index contributed by atoms with van der Waals surface area (Å²) in [7, 11) is 0. The van der Waals surface area contributed by atoms with Crippen LogP contribution in [0.4, 0.5) is 0 Å². The first-order valence-electron chi connectivity index (χ1n) is 11.3. The van der Waals surface area contributed by atoms with E-state index in [1.165, 1.54) is 21.5 Å². The molecule has 0 aliphatic carbocycles. The normalized spacial score (nSPS) is 29.4. The van der Waals surface area contributed by atoms with Crippen molar-refractivity contribution in [2.75, 3.05) is 13.2 Å². The van der Waals surface area contributed by atoms with Crippen molar-refractivity contribution in [2.24, 2.45) is 0 Å². The molecule has 7 atom stereocenters. The van der Waals surface area contributed by atoms with Crippen molar-refractivity contribution >= 4 is 32.6 Å². The molecule has 2 saturated heterocycles. The van der Waals surface area contributed by atoms with Crippen LogP contribution in [0.15, 0.2) is 31.6 Å². The van der Waals surface area contributed by atoms with Gasteiger partial charge in [-0.3, -0.25) is 0 Å². The molecule has 2 aliphatic rings. The van der Waals surface area contributed by atoms with Crippen LogP contribution in [-0.4, -0.2) is 82.5 Å². The molecule has 4 rings (SSSR count). The second kappa shape index (κ2) is 11.2. The summed E-state index contributed by atoms with van der Waals surface area (Å²) in [5.41, 5.74) is -1.68. The molecule has 1 radical (unpaired) electrons. The molecule has 4 N–H and O–H groups in total. The van der Waals surface area contributed by atoms with Crippen LogP contribution in [0.25, 0.3) is 0 Å². The zero-order valence-corrected chi connectivity index (χ0v) is 23.2. The van der Waals surface area contributed by atoms with Gasteiger partial charge in [0.2, 0.25) is 0 Å². The Morgan fingerprint density at radius 3 is 2.08 bits per heavy atom.